The molecule has 122 valence electrons. The van der Waals surface area contributed by atoms with E-state index in [1.807, 2.05) is 4.90 Å². The minimum Gasteiger partial charge on any atom is -0.395 e. The lowest BCUT2D eigenvalue weighted by Gasteiger charge is -2.44. The number of piperidine rings is 1. The van der Waals surface area contributed by atoms with Gasteiger partial charge in [-0.1, -0.05) is 20.8 Å². The van der Waals surface area contributed by atoms with Crippen LogP contribution in [0.5, 0.6) is 0 Å². The first-order valence-electron chi connectivity index (χ1n) is 8.13. The Hall–Kier alpha value is -0.650. The second-order valence-electron chi connectivity index (χ2n) is 7.50. The average Bonchev–Trinajstić information content (AvgIpc) is 2.45. The largest absolute Gasteiger partial charge is 0.395 e. The van der Waals surface area contributed by atoms with Crippen molar-refractivity contribution in [1.29, 1.82) is 0 Å². The molecule has 0 aromatic carbocycles. The van der Waals surface area contributed by atoms with Crippen molar-refractivity contribution in [1.82, 2.24) is 9.80 Å². The molecule has 0 bridgehead atoms. The first kappa shape index (κ1) is 16.7. The summed E-state index contributed by atoms with van der Waals surface area (Å²) < 4.78 is 5.44. The van der Waals surface area contributed by atoms with Gasteiger partial charge in [-0.2, -0.15) is 0 Å². The Balaban J connectivity index is 1.83. The molecule has 5 nitrogen and oxygen atoms in total. The van der Waals surface area contributed by atoms with E-state index in [1.54, 1.807) is 0 Å². The highest BCUT2D eigenvalue weighted by molar-refractivity contribution is 5.76. The zero-order chi connectivity index (χ0) is 15.5. The Labute approximate surface area is 128 Å². The van der Waals surface area contributed by atoms with Gasteiger partial charge in [0.15, 0.2) is 0 Å². The molecule has 5 heteroatoms. The Morgan fingerprint density at radius 2 is 1.90 bits per heavy atom. The van der Waals surface area contributed by atoms with Crippen LogP contribution in [0.1, 0.15) is 40.0 Å². The molecular weight excluding hydrogens is 268 g/mol. The first-order chi connectivity index (χ1) is 9.90. The Morgan fingerprint density at radius 1 is 1.24 bits per heavy atom. The van der Waals surface area contributed by atoms with Gasteiger partial charge in [0, 0.05) is 32.1 Å². The molecule has 2 heterocycles. The lowest BCUT2D eigenvalue weighted by atomic mass is 9.91. The van der Waals surface area contributed by atoms with Gasteiger partial charge in [0.1, 0.15) is 0 Å². The number of rotatable bonds is 3. The Kier molecular flexibility index (Phi) is 5.63. The summed E-state index contributed by atoms with van der Waals surface area (Å²) in [6.07, 6.45) is 2.63. The molecule has 2 aliphatic rings. The molecule has 1 amide bonds. The fourth-order valence-electron chi connectivity index (χ4n) is 3.32. The SMILES string of the molecule is CC(C)(C)CC(=O)N1CCC(N2CCOCC2CO)CC1. The van der Waals surface area contributed by atoms with E-state index in [4.69, 9.17) is 4.74 Å². The molecular formula is C16H30N2O3. The molecule has 1 unspecified atom stereocenters. The number of amides is 1. The van der Waals surface area contributed by atoms with Gasteiger partial charge in [0.25, 0.3) is 0 Å². The molecule has 0 aliphatic carbocycles. The van der Waals surface area contributed by atoms with Crippen molar-refractivity contribution in [3.63, 3.8) is 0 Å². The average molecular weight is 298 g/mol. The summed E-state index contributed by atoms with van der Waals surface area (Å²) >= 11 is 0. The van der Waals surface area contributed by atoms with E-state index >= 15 is 0 Å². The second kappa shape index (κ2) is 7.07. The number of aliphatic hydroxyl groups is 1. The van der Waals surface area contributed by atoms with Crippen molar-refractivity contribution >= 4 is 5.91 Å². The van der Waals surface area contributed by atoms with Crippen molar-refractivity contribution < 1.29 is 14.6 Å². The number of carbonyl (C=O) groups is 1. The molecule has 0 aromatic heterocycles. The zero-order valence-electron chi connectivity index (χ0n) is 13.7. The standard InChI is InChI=1S/C16H30N2O3/c1-16(2,3)10-15(20)17-6-4-13(5-7-17)18-8-9-21-12-14(18)11-19/h13-14,19H,4-12H2,1-3H3. The minimum absolute atomic E-state index is 0.0557. The molecule has 0 spiro atoms. The topological polar surface area (TPSA) is 53.0 Å². The molecule has 1 N–H and O–H groups in total. The molecule has 0 aromatic rings. The smallest absolute Gasteiger partial charge is 0.223 e. The van der Waals surface area contributed by atoms with Gasteiger partial charge in [-0.3, -0.25) is 9.69 Å². The number of hydrogen-bond acceptors (Lipinski definition) is 4. The lowest BCUT2D eigenvalue weighted by Crippen LogP contribution is -2.55. The van der Waals surface area contributed by atoms with Crippen molar-refractivity contribution in [2.45, 2.75) is 52.1 Å². The normalized spacial score (nSPS) is 26.1. The molecule has 2 rings (SSSR count). The summed E-state index contributed by atoms with van der Waals surface area (Å²) in [5.74, 6) is 0.279. The molecule has 0 radical (unpaired) electrons. The molecule has 1 atom stereocenters. The van der Waals surface area contributed by atoms with Gasteiger partial charge in [-0.15, -0.1) is 0 Å². The van der Waals surface area contributed by atoms with E-state index in [2.05, 4.69) is 25.7 Å². The third-order valence-electron chi connectivity index (χ3n) is 4.45. The van der Waals surface area contributed by atoms with E-state index in [1.165, 1.54) is 0 Å². The van der Waals surface area contributed by atoms with E-state index in [0.717, 1.165) is 39.1 Å². The molecule has 2 aliphatic heterocycles. The van der Waals surface area contributed by atoms with Gasteiger partial charge in [-0.05, 0) is 18.3 Å². The summed E-state index contributed by atoms with van der Waals surface area (Å²) in [7, 11) is 0. The van der Waals surface area contributed by atoms with E-state index in [9.17, 15) is 9.90 Å². The maximum Gasteiger partial charge on any atom is 0.223 e. The molecule has 2 saturated heterocycles. The van der Waals surface area contributed by atoms with E-state index in [-0.39, 0.29) is 24.0 Å². The highest BCUT2D eigenvalue weighted by Gasteiger charge is 2.33. The van der Waals surface area contributed by atoms with Crippen LogP contribution in [0.15, 0.2) is 0 Å². The van der Waals surface area contributed by atoms with Crippen LogP contribution in [0.4, 0.5) is 0 Å². The van der Waals surface area contributed by atoms with Crippen LogP contribution in [0.2, 0.25) is 0 Å². The zero-order valence-corrected chi connectivity index (χ0v) is 13.7. The van der Waals surface area contributed by atoms with Crippen LogP contribution in [0.25, 0.3) is 0 Å². The van der Waals surface area contributed by atoms with Crippen LogP contribution >= 0.6 is 0 Å². The predicted molar refractivity (Wildman–Crippen MR) is 82.1 cm³/mol. The van der Waals surface area contributed by atoms with Crippen LogP contribution in [-0.4, -0.2) is 72.4 Å². The van der Waals surface area contributed by atoms with Gasteiger partial charge in [0.05, 0.1) is 25.9 Å². The Bertz CT molecular complexity index is 346. The number of carbonyl (C=O) groups excluding carboxylic acids is 1. The van der Waals surface area contributed by atoms with Gasteiger partial charge in [0.2, 0.25) is 5.91 Å². The highest BCUT2D eigenvalue weighted by Crippen LogP contribution is 2.24. The van der Waals surface area contributed by atoms with Crippen molar-refractivity contribution in [2.75, 3.05) is 39.5 Å². The second-order valence-corrected chi connectivity index (χ2v) is 7.50. The summed E-state index contributed by atoms with van der Waals surface area (Å²) in [4.78, 5) is 16.7. The van der Waals surface area contributed by atoms with Crippen molar-refractivity contribution in [3.05, 3.63) is 0 Å². The van der Waals surface area contributed by atoms with Crippen LogP contribution in [-0.2, 0) is 9.53 Å². The maximum absolute atomic E-state index is 12.3. The third kappa shape index (κ3) is 4.66. The first-order valence-corrected chi connectivity index (χ1v) is 8.13. The summed E-state index contributed by atoms with van der Waals surface area (Å²) in [5.41, 5.74) is 0.0557. The number of ether oxygens (including phenoxy) is 1. The maximum atomic E-state index is 12.3. The van der Waals surface area contributed by atoms with Crippen LogP contribution in [0, 0.1) is 5.41 Å². The van der Waals surface area contributed by atoms with Crippen molar-refractivity contribution in [2.24, 2.45) is 5.41 Å². The van der Waals surface area contributed by atoms with Gasteiger partial charge < -0.3 is 14.7 Å². The number of aliphatic hydroxyl groups excluding tert-OH is 1. The van der Waals surface area contributed by atoms with Gasteiger partial charge >= 0.3 is 0 Å². The number of likely N-dealkylation sites (tertiary alicyclic amines) is 1. The molecule has 0 saturated carbocycles. The van der Waals surface area contributed by atoms with Crippen LogP contribution in [0.3, 0.4) is 0 Å². The fraction of sp³-hybridized carbons (Fsp3) is 0.938. The number of nitrogens with zero attached hydrogens (tertiary/aromatic N) is 2. The number of morpholine rings is 1. The highest BCUT2D eigenvalue weighted by atomic mass is 16.5. The Morgan fingerprint density at radius 3 is 2.48 bits per heavy atom. The van der Waals surface area contributed by atoms with Gasteiger partial charge in [-0.25, -0.2) is 0 Å². The van der Waals surface area contributed by atoms with Crippen molar-refractivity contribution in [3.8, 4) is 0 Å². The molecule has 2 fully saturated rings. The van der Waals surface area contributed by atoms with Crippen LogP contribution < -0.4 is 0 Å². The third-order valence-corrected chi connectivity index (χ3v) is 4.45. The number of hydrogen-bond donors (Lipinski definition) is 1. The van der Waals surface area contributed by atoms with E-state index in [0.29, 0.717) is 19.1 Å². The quantitative estimate of drug-likeness (QED) is 0.848. The summed E-state index contributed by atoms with van der Waals surface area (Å²) in [6, 6.07) is 0.602. The monoisotopic (exact) mass is 298 g/mol. The predicted octanol–water partition coefficient (Wildman–Crippen LogP) is 1.11. The summed E-state index contributed by atoms with van der Waals surface area (Å²) in [5, 5.41) is 9.47. The lowest BCUT2D eigenvalue weighted by molar-refractivity contribution is -0.135. The fourth-order valence-corrected chi connectivity index (χ4v) is 3.32. The minimum atomic E-state index is 0.0557. The van der Waals surface area contributed by atoms with E-state index < -0.39 is 0 Å². The molecule has 21 heavy (non-hydrogen) atoms. The summed E-state index contributed by atoms with van der Waals surface area (Å²) in [6.45, 7) is 10.4.